The highest BCUT2D eigenvalue weighted by atomic mass is 32.1. The van der Waals surface area contributed by atoms with Crippen molar-refractivity contribution in [1.29, 1.82) is 0 Å². The fourth-order valence-corrected chi connectivity index (χ4v) is 3.34. The highest BCUT2D eigenvalue weighted by Crippen LogP contribution is 2.34. The Bertz CT molecular complexity index is 1070. The van der Waals surface area contributed by atoms with E-state index in [-0.39, 0.29) is 22.9 Å². The summed E-state index contributed by atoms with van der Waals surface area (Å²) in [7, 11) is 1.54. The molecule has 4 aromatic rings. The topological polar surface area (TPSA) is 68.0 Å². The van der Waals surface area contributed by atoms with E-state index in [1.165, 1.54) is 24.5 Å². The van der Waals surface area contributed by atoms with Crippen LogP contribution in [0.15, 0.2) is 52.4 Å². The van der Waals surface area contributed by atoms with Crippen LogP contribution >= 0.6 is 11.3 Å². The predicted octanol–water partition coefficient (Wildman–Crippen LogP) is 4.12. The maximum atomic E-state index is 14.2. The van der Waals surface area contributed by atoms with Gasteiger partial charge < -0.3 is 9.84 Å². The van der Waals surface area contributed by atoms with Crippen molar-refractivity contribution in [3.63, 3.8) is 0 Å². The van der Waals surface area contributed by atoms with Gasteiger partial charge in [0.1, 0.15) is 11.5 Å². The Labute approximate surface area is 146 Å². The van der Waals surface area contributed by atoms with Crippen molar-refractivity contribution < 1.29 is 13.7 Å². The summed E-state index contributed by atoms with van der Waals surface area (Å²) >= 11 is 1.50. The molecule has 0 saturated heterocycles. The van der Waals surface area contributed by atoms with Crippen LogP contribution < -0.4 is 5.32 Å². The molecule has 25 heavy (non-hydrogen) atoms. The van der Waals surface area contributed by atoms with Gasteiger partial charge in [-0.25, -0.2) is 9.37 Å². The Morgan fingerprint density at radius 2 is 2.08 bits per heavy atom. The third kappa shape index (κ3) is 2.58. The summed E-state index contributed by atoms with van der Waals surface area (Å²) in [6, 6.07) is 11.7. The lowest BCUT2D eigenvalue weighted by Crippen LogP contribution is -2.18. The molecule has 0 spiro atoms. The number of benzene rings is 1. The number of nitrogens with one attached hydrogen (secondary N) is 1. The van der Waals surface area contributed by atoms with Crippen LogP contribution in [-0.2, 0) is 0 Å². The van der Waals surface area contributed by atoms with Crippen LogP contribution in [0, 0.1) is 5.82 Å². The fraction of sp³-hybridized carbons (Fsp3) is 0.0556. The molecule has 1 N–H and O–H groups in total. The number of halogens is 1. The van der Waals surface area contributed by atoms with E-state index in [4.69, 9.17) is 4.52 Å². The first-order chi connectivity index (χ1) is 12.2. The summed E-state index contributed by atoms with van der Waals surface area (Å²) in [5.41, 5.74) is 1.67. The average Bonchev–Trinajstić information content (AvgIpc) is 3.30. The summed E-state index contributed by atoms with van der Waals surface area (Å²) < 4.78 is 19.5. The van der Waals surface area contributed by atoms with E-state index in [1.54, 1.807) is 24.3 Å². The minimum Gasteiger partial charge on any atom is -0.355 e. The third-order valence-corrected chi connectivity index (χ3v) is 4.71. The van der Waals surface area contributed by atoms with E-state index >= 15 is 0 Å². The number of hydrogen-bond acceptors (Lipinski definition) is 5. The lowest BCUT2D eigenvalue weighted by Gasteiger charge is -2.06. The molecule has 0 saturated carbocycles. The molecule has 3 aromatic heterocycles. The van der Waals surface area contributed by atoms with Gasteiger partial charge in [0, 0.05) is 12.6 Å². The van der Waals surface area contributed by atoms with Crippen molar-refractivity contribution in [1.82, 2.24) is 15.5 Å². The second-order valence-electron chi connectivity index (χ2n) is 5.30. The summed E-state index contributed by atoms with van der Waals surface area (Å²) in [5, 5.41) is 8.89. The molecule has 124 valence electrons. The Hall–Kier alpha value is -3.06. The quantitative estimate of drug-likeness (QED) is 0.602. The zero-order valence-corrected chi connectivity index (χ0v) is 13.9. The van der Waals surface area contributed by atoms with E-state index < -0.39 is 5.82 Å². The number of nitrogens with zero attached hydrogens (tertiary/aromatic N) is 2. The largest absolute Gasteiger partial charge is 0.355 e. The second-order valence-corrected chi connectivity index (χ2v) is 6.25. The predicted molar refractivity (Wildman–Crippen MR) is 93.9 cm³/mol. The maximum absolute atomic E-state index is 14.2. The number of aromatic nitrogens is 2. The number of hydrogen-bond donors (Lipinski definition) is 1. The minimum atomic E-state index is -0.442. The molecule has 0 bridgehead atoms. The number of pyridine rings is 1. The smallest absolute Gasteiger partial charge is 0.259 e. The highest BCUT2D eigenvalue weighted by Gasteiger charge is 2.23. The second kappa shape index (κ2) is 6.10. The number of carbonyl (C=O) groups is 1. The first-order valence-electron chi connectivity index (χ1n) is 7.50. The Balaban J connectivity index is 2.02. The minimum absolute atomic E-state index is 0.197. The molecule has 0 radical (unpaired) electrons. The lowest BCUT2D eigenvalue weighted by molar-refractivity contribution is 0.0964. The van der Waals surface area contributed by atoms with Crippen LogP contribution in [-0.4, -0.2) is 23.1 Å². The normalized spacial score (nSPS) is 11.0. The van der Waals surface area contributed by atoms with Gasteiger partial charge in [-0.2, -0.15) is 0 Å². The first kappa shape index (κ1) is 15.5. The number of carbonyl (C=O) groups excluding carboxylic acids is 1. The molecule has 7 heteroatoms. The van der Waals surface area contributed by atoms with Crippen molar-refractivity contribution >= 4 is 28.3 Å². The van der Waals surface area contributed by atoms with Crippen LogP contribution in [0.2, 0.25) is 0 Å². The molecule has 0 atom stereocenters. The molecule has 0 fully saturated rings. The Kier molecular flexibility index (Phi) is 3.77. The SMILES string of the molecule is CNC(=O)c1cc(-c2cccs2)nc2onc(-c3ccccc3F)c12. The van der Waals surface area contributed by atoms with Gasteiger partial charge >= 0.3 is 0 Å². The molecule has 0 unspecified atom stereocenters. The Morgan fingerprint density at radius 3 is 2.80 bits per heavy atom. The Morgan fingerprint density at radius 1 is 1.24 bits per heavy atom. The van der Waals surface area contributed by atoms with Crippen molar-refractivity contribution in [2.24, 2.45) is 0 Å². The third-order valence-electron chi connectivity index (χ3n) is 3.82. The lowest BCUT2D eigenvalue weighted by atomic mass is 10.0. The van der Waals surface area contributed by atoms with Gasteiger partial charge in [-0.3, -0.25) is 4.79 Å². The molecule has 0 aliphatic carbocycles. The molecular formula is C18H12FN3O2S. The molecule has 4 rings (SSSR count). The molecule has 0 aliphatic heterocycles. The van der Waals surface area contributed by atoms with Crippen molar-refractivity contribution in [3.8, 4) is 21.8 Å². The fourth-order valence-electron chi connectivity index (χ4n) is 2.65. The number of thiophene rings is 1. The van der Waals surface area contributed by atoms with Crippen LogP contribution in [0.25, 0.3) is 32.9 Å². The number of rotatable bonds is 3. The highest BCUT2D eigenvalue weighted by molar-refractivity contribution is 7.13. The van der Waals surface area contributed by atoms with Gasteiger partial charge in [0.05, 0.1) is 21.5 Å². The average molecular weight is 353 g/mol. The van der Waals surface area contributed by atoms with Crippen molar-refractivity contribution in [2.75, 3.05) is 7.05 Å². The maximum Gasteiger partial charge on any atom is 0.259 e. The zero-order valence-electron chi connectivity index (χ0n) is 13.1. The zero-order chi connectivity index (χ0) is 17.4. The van der Waals surface area contributed by atoms with Gasteiger partial charge in [0.15, 0.2) is 0 Å². The standard InChI is InChI=1S/C18H12FN3O2S/c1-20-17(23)11-9-13(14-7-4-8-25-14)21-18-15(11)16(22-24-18)10-5-2-3-6-12(10)19/h2-9H,1H3,(H,20,23). The van der Waals surface area contributed by atoms with Crippen LogP contribution in [0.5, 0.6) is 0 Å². The van der Waals surface area contributed by atoms with E-state index in [2.05, 4.69) is 15.5 Å². The van der Waals surface area contributed by atoms with E-state index in [1.807, 2.05) is 17.5 Å². The van der Waals surface area contributed by atoms with E-state index in [0.717, 1.165) is 4.88 Å². The summed E-state index contributed by atoms with van der Waals surface area (Å²) in [4.78, 5) is 17.8. The van der Waals surface area contributed by atoms with E-state index in [0.29, 0.717) is 16.6 Å². The summed E-state index contributed by atoms with van der Waals surface area (Å²) in [5.74, 6) is -0.756. The first-order valence-corrected chi connectivity index (χ1v) is 8.38. The van der Waals surface area contributed by atoms with Gasteiger partial charge in [-0.1, -0.05) is 23.4 Å². The molecule has 0 aliphatic rings. The van der Waals surface area contributed by atoms with Crippen LogP contribution in [0.3, 0.4) is 0 Å². The van der Waals surface area contributed by atoms with Crippen molar-refractivity contribution in [2.45, 2.75) is 0 Å². The monoisotopic (exact) mass is 353 g/mol. The molecule has 3 heterocycles. The van der Waals surface area contributed by atoms with E-state index in [9.17, 15) is 9.18 Å². The van der Waals surface area contributed by atoms with Crippen LogP contribution in [0.4, 0.5) is 4.39 Å². The van der Waals surface area contributed by atoms with Gasteiger partial charge in [-0.05, 0) is 29.6 Å². The molecule has 1 amide bonds. The van der Waals surface area contributed by atoms with Gasteiger partial charge in [0.2, 0.25) is 0 Å². The number of amides is 1. The summed E-state index contributed by atoms with van der Waals surface area (Å²) in [6.45, 7) is 0. The van der Waals surface area contributed by atoms with Crippen molar-refractivity contribution in [3.05, 3.63) is 59.2 Å². The van der Waals surface area contributed by atoms with Crippen LogP contribution in [0.1, 0.15) is 10.4 Å². The molecule has 5 nitrogen and oxygen atoms in total. The summed E-state index contributed by atoms with van der Waals surface area (Å²) in [6.07, 6.45) is 0. The number of fused-ring (bicyclic) bond motifs is 1. The van der Waals surface area contributed by atoms with Gasteiger partial charge in [-0.15, -0.1) is 11.3 Å². The molecule has 1 aromatic carbocycles. The van der Waals surface area contributed by atoms with Gasteiger partial charge in [0.25, 0.3) is 11.6 Å². The molecular weight excluding hydrogens is 341 g/mol.